The molecule has 0 saturated heterocycles. The molecule has 0 atom stereocenters. The number of hydrogen-bond acceptors (Lipinski definition) is 2. The molecule has 0 bridgehead atoms. The molecule has 3 nitrogen and oxygen atoms in total. The Balaban J connectivity index is 1.54. The van der Waals surface area contributed by atoms with Crippen molar-refractivity contribution >= 4 is 5.91 Å². The quantitative estimate of drug-likeness (QED) is 0.780. The van der Waals surface area contributed by atoms with Gasteiger partial charge in [0, 0.05) is 24.5 Å². The maximum absolute atomic E-state index is 11.9. The fraction of sp³-hybridized carbons (Fsp3) is 0.100. The number of pyridine rings is 1. The lowest BCUT2D eigenvalue weighted by atomic mass is 10.0. The lowest BCUT2D eigenvalue weighted by Crippen LogP contribution is -2.25. The van der Waals surface area contributed by atoms with Crippen LogP contribution >= 0.6 is 0 Å². The SMILES string of the molecule is O=C(NCCc1ccc(-c2ccccc2)cc1)c1ccncc1. The minimum absolute atomic E-state index is 0.0618. The molecule has 1 N–H and O–H groups in total. The molecule has 0 radical (unpaired) electrons. The van der Waals surface area contributed by atoms with Crippen LogP contribution in [0.4, 0.5) is 0 Å². The first-order valence-electron chi connectivity index (χ1n) is 7.65. The fourth-order valence-electron chi connectivity index (χ4n) is 2.42. The molecule has 3 heteroatoms. The molecule has 3 aromatic rings. The van der Waals surface area contributed by atoms with Crippen LogP contribution in [0.3, 0.4) is 0 Å². The van der Waals surface area contributed by atoms with E-state index < -0.39 is 0 Å². The van der Waals surface area contributed by atoms with Gasteiger partial charge < -0.3 is 5.32 Å². The van der Waals surface area contributed by atoms with Crippen LogP contribution in [0.1, 0.15) is 15.9 Å². The number of aromatic nitrogens is 1. The second-order valence-electron chi connectivity index (χ2n) is 5.30. The first kappa shape index (κ1) is 15.0. The number of carbonyl (C=O) groups excluding carboxylic acids is 1. The fourth-order valence-corrected chi connectivity index (χ4v) is 2.42. The zero-order valence-electron chi connectivity index (χ0n) is 12.8. The third-order valence-electron chi connectivity index (χ3n) is 3.70. The van der Waals surface area contributed by atoms with Crippen LogP contribution in [0, 0.1) is 0 Å². The van der Waals surface area contributed by atoms with E-state index in [1.54, 1.807) is 24.5 Å². The minimum atomic E-state index is -0.0618. The average molecular weight is 302 g/mol. The van der Waals surface area contributed by atoms with Crippen LogP contribution in [0.2, 0.25) is 0 Å². The molecule has 0 fully saturated rings. The smallest absolute Gasteiger partial charge is 0.251 e. The molecule has 0 saturated carbocycles. The van der Waals surface area contributed by atoms with E-state index in [4.69, 9.17) is 0 Å². The molecule has 3 rings (SSSR count). The van der Waals surface area contributed by atoms with Gasteiger partial charge in [0.05, 0.1) is 0 Å². The molecular weight excluding hydrogens is 284 g/mol. The summed E-state index contributed by atoms with van der Waals surface area (Å²) in [7, 11) is 0. The Labute approximate surface area is 136 Å². The standard InChI is InChI=1S/C20H18N2O/c23-20(19-11-13-21-14-12-19)22-15-10-16-6-8-18(9-7-16)17-4-2-1-3-5-17/h1-9,11-14H,10,15H2,(H,22,23). The van der Waals surface area contributed by atoms with Crippen molar-refractivity contribution in [1.82, 2.24) is 10.3 Å². The normalized spacial score (nSPS) is 10.3. The van der Waals surface area contributed by atoms with Crippen LogP contribution in [0.25, 0.3) is 11.1 Å². The Morgan fingerprint density at radius 1 is 0.826 bits per heavy atom. The van der Waals surface area contributed by atoms with Crippen molar-refractivity contribution in [1.29, 1.82) is 0 Å². The highest BCUT2D eigenvalue weighted by atomic mass is 16.1. The summed E-state index contributed by atoms with van der Waals surface area (Å²) < 4.78 is 0. The van der Waals surface area contributed by atoms with Gasteiger partial charge in [0.25, 0.3) is 5.91 Å². The monoisotopic (exact) mass is 302 g/mol. The molecule has 0 aliphatic rings. The molecule has 2 aromatic carbocycles. The average Bonchev–Trinajstić information content (AvgIpc) is 2.64. The number of carbonyl (C=O) groups is 1. The highest BCUT2D eigenvalue weighted by Gasteiger charge is 2.04. The first-order chi connectivity index (χ1) is 11.3. The minimum Gasteiger partial charge on any atom is -0.352 e. The van der Waals surface area contributed by atoms with E-state index in [-0.39, 0.29) is 5.91 Å². The van der Waals surface area contributed by atoms with Crippen molar-refractivity contribution < 1.29 is 4.79 Å². The predicted molar refractivity (Wildman–Crippen MR) is 92.2 cm³/mol. The van der Waals surface area contributed by atoms with Crippen LogP contribution in [-0.4, -0.2) is 17.4 Å². The van der Waals surface area contributed by atoms with Crippen molar-refractivity contribution in [3.05, 3.63) is 90.3 Å². The zero-order chi connectivity index (χ0) is 15.9. The Morgan fingerprint density at radius 3 is 2.17 bits per heavy atom. The highest BCUT2D eigenvalue weighted by molar-refractivity contribution is 5.93. The predicted octanol–water partition coefficient (Wildman–Crippen LogP) is 3.72. The Bertz CT molecular complexity index is 753. The van der Waals surface area contributed by atoms with Gasteiger partial charge in [0.2, 0.25) is 0 Å². The molecular formula is C20H18N2O. The highest BCUT2D eigenvalue weighted by Crippen LogP contribution is 2.19. The Kier molecular flexibility index (Phi) is 4.79. The third-order valence-corrected chi connectivity index (χ3v) is 3.70. The maximum atomic E-state index is 11.9. The van der Waals surface area contributed by atoms with E-state index in [1.165, 1.54) is 16.7 Å². The molecule has 114 valence electrons. The van der Waals surface area contributed by atoms with Gasteiger partial charge in [-0.2, -0.15) is 0 Å². The summed E-state index contributed by atoms with van der Waals surface area (Å²) in [5, 5.41) is 2.93. The summed E-state index contributed by atoms with van der Waals surface area (Å²) in [6, 6.07) is 22.2. The number of nitrogens with zero attached hydrogens (tertiary/aromatic N) is 1. The lowest BCUT2D eigenvalue weighted by Gasteiger charge is -2.07. The van der Waals surface area contributed by atoms with Crippen LogP contribution < -0.4 is 5.32 Å². The van der Waals surface area contributed by atoms with Crippen LogP contribution in [0.5, 0.6) is 0 Å². The van der Waals surface area contributed by atoms with E-state index in [2.05, 4.69) is 46.7 Å². The second-order valence-corrected chi connectivity index (χ2v) is 5.30. The van der Waals surface area contributed by atoms with Crippen molar-refractivity contribution in [2.24, 2.45) is 0 Å². The number of benzene rings is 2. The maximum Gasteiger partial charge on any atom is 0.251 e. The molecule has 23 heavy (non-hydrogen) atoms. The summed E-state index contributed by atoms with van der Waals surface area (Å²) in [4.78, 5) is 15.8. The van der Waals surface area contributed by atoms with Gasteiger partial charge in [-0.3, -0.25) is 9.78 Å². The lowest BCUT2D eigenvalue weighted by molar-refractivity contribution is 0.0954. The van der Waals surface area contributed by atoms with Crippen molar-refractivity contribution in [3.8, 4) is 11.1 Å². The Morgan fingerprint density at radius 2 is 1.48 bits per heavy atom. The molecule has 0 aliphatic carbocycles. The molecule has 1 amide bonds. The first-order valence-corrected chi connectivity index (χ1v) is 7.65. The van der Waals surface area contributed by atoms with Crippen molar-refractivity contribution in [2.75, 3.05) is 6.54 Å². The third kappa shape index (κ3) is 4.04. The Hall–Kier alpha value is -2.94. The molecule has 1 heterocycles. The van der Waals surface area contributed by atoms with Gasteiger partial charge >= 0.3 is 0 Å². The number of amides is 1. The van der Waals surface area contributed by atoms with E-state index in [0.717, 1.165) is 6.42 Å². The molecule has 1 aromatic heterocycles. The van der Waals surface area contributed by atoms with Gasteiger partial charge in [-0.25, -0.2) is 0 Å². The summed E-state index contributed by atoms with van der Waals surface area (Å²) in [6.45, 7) is 0.617. The van der Waals surface area contributed by atoms with Gasteiger partial charge in [0.1, 0.15) is 0 Å². The second kappa shape index (κ2) is 7.36. The van der Waals surface area contributed by atoms with Gasteiger partial charge in [-0.05, 0) is 35.2 Å². The van der Waals surface area contributed by atoms with E-state index in [1.807, 2.05) is 18.2 Å². The number of hydrogen-bond donors (Lipinski definition) is 1. The van der Waals surface area contributed by atoms with Crippen molar-refractivity contribution in [3.63, 3.8) is 0 Å². The summed E-state index contributed by atoms with van der Waals surface area (Å²) in [5.41, 5.74) is 4.26. The summed E-state index contributed by atoms with van der Waals surface area (Å²) >= 11 is 0. The summed E-state index contributed by atoms with van der Waals surface area (Å²) in [6.07, 6.45) is 4.06. The van der Waals surface area contributed by atoms with Crippen LogP contribution in [-0.2, 0) is 6.42 Å². The number of nitrogens with one attached hydrogen (secondary N) is 1. The van der Waals surface area contributed by atoms with E-state index in [0.29, 0.717) is 12.1 Å². The largest absolute Gasteiger partial charge is 0.352 e. The van der Waals surface area contributed by atoms with Crippen molar-refractivity contribution in [2.45, 2.75) is 6.42 Å². The topological polar surface area (TPSA) is 42.0 Å². The van der Waals surface area contributed by atoms with Gasteiger partial charge in [-0.1, -0.05) is 54.6 Å². The summed E-state index contributed by atoms with van der Waals surface area (Å²) in [5.74, 6) is -0.0618. The number of rotatable bonds is 5. The van der Waals surface area contributed by atoms with Gasteiger partial charge in [0.15, 0.2) is 0 Å². The zero-order valence-corrected chi connectivity index (χ0v) is 12.8. The van der Waals surface area contributed by atoms with Crippen LogP contribution in [0.15, 0.2) is 79.1 Å². The molecule has 0 unspecified atom stereocenters. The van der Waals surface area contributed by atoms with E-state index in [9.17, 15) is 4.79 Å². The molecule has 0 aliphatic heterocycles. The molecule has 0 spiro atoms. The van der Waals surface area contributed by atoms with Gasteiger partial charge in [-0.15, -0.1) is 0 Å². The van der Waals surface area contributed by atoms with E-state index >= 15 is 0 Å².